The Kier molecular flexibility index (Phi) is 18.1. The number of aromatic nitrogens is 8. The van der Waals surface area contributed by atoms with Gasteiger partial charge < -0.3 is 30.3 Å². The molecule has 4 aromatic heterocycles. The summed E-state index contributed by atoms with van der Waals surface area (Å²) in [6, 6.07) is 16.9. The number of amides is 2. The first kappa shape index (κ1) is 54.1. The van der Waals surface area contributed by atoms with Crippen molar-refractivity contribution in [2.45, 2.75) is 144 Å². The Hall–Kier alpha value is -6.23. The highest BCUT2D eigenvalue weighted by Crippen LogP contribution is 2.27. The first-order chi connectivity index (χ1) is 33.5. The quantitative estimate of drug-likeness (QED) is 0.0987. The number of hydrogen-bond donors (Lipinski definition) is 2. The molecule has 0 bridgehead atoms. The monoisotopic (exact) mass is 989 g/mol. The van der Waals surface area contributed by atoms with Crippen molar-refractivity contribution in [1.82, 2.24) is 49.3 Å². The van der Waals surface area contributed by atoms with Crippen molar-refractivity contribution in [2.75, 3.05) is 37.2 Å². The van der Waals surface area contributed by atoms with Gasteiger partial charge in [-0.05, 0) is 154 Å². The maximum Gasteiger partial charge on any atom is 0.227 e. The lowest BCUT2D eigenvalue weighted by atomic mass is 9.99. The highest BCUT2D eigenvalue weighted by atomic mass is 35.5. The van der Waals surface area contributed by atoms with E-state index in [0.717, 1.165) is 57.9 Å². The molecule has 0 aliphatic carbocycles. The van der Waals surface area contributed by atoms with Crippen LogP contribution in [0, 0.1) is 13.8 Å². The molecule has 6 aromatic rings. The summed E-state index contributed by atoms with van der Waals surface area (Å²) in [5.74, 6) is 0.908. The molecule has 0 unspecified atom stereocenters. The molecule has 17 heteroatoms. The number of nitrogen functional groups attached to an aromatic ring is 1. The van der Waals surface area contributed by atoms with Gasteiger partial charge in [0.1, 0.15) is 0 Å². The average Bonchev–Trinajstić information content (AvgIpc) is 3.94. The van der Waals surface area contributed by atoms with E-state index in [1.165, 1.54) is 11.1 Å². The number of aryl methyl sites for hydroxylation is 4. The molecule has 0 saturated carbocycles. The number of anilines is 3. The lowest BCUT2D eigenvalue weighted by molar-refractivity contribution is -0.157. The normalized spacial score (nSPS) is 14.1. The summed E-state index contributed by atoms with van der Waals surface area (Å²) in [6.45, 7) is 27.5. The number of ether oxygens (including phenoxy) is 2. The van der Waals surface area contributed by atoms with E-state index in [9.17, 15) is 9.59 Å². The van der Waals surface area contributed by atoms with Crippen LogP contribution < -0.4 is 11.1 Å². The van der Waals surface area contributed by atoms with Crippen molar-refractivity contribution >= 4 is 40.7 Å². The van der Waals surface area contributed by atoms with Crippen LogP contribution in [-0.4, -0.2) is 111 Å². The van der Waals surface area contributed by atoms with Crippen molar-refractivity contribution in [1.29, 1.82) is 0 Å². The minimum Gasteiger partial charge on any atom is -0.396 e. The molecule has 16 nitrogen and oxygen atoms in total. The Bertz CT molecular complexity index is 2710. The van der Waals surface area contributed by atoms with Crippen LogP contribution in [0.15, 0.2) is 85.7 Å². The maximum atomic E-state index is 12.6. The van der Waals surface area contributed by atoms with Gasteiger partial charge in [0.05, 0.1) is 58.6 Å². The average molecular weight is 990 g/mol. The number of nitrogens with zero attached hydrogens (tertiary/aromatic N) is 10. The second kappa shape index (κ2) is 23.8. The van der Waals surface area contributed by atoms with Gasteiger partial charge >= 0.3 is 0 Å². The fourth-order valence-corrected chi connectivity index (χ4v) is 8.18. The van der Waals surface area contributed by atoms with Crippen molar-refractivity contribution in [3.8, 4) is 22.5 Å². The summed E-state index contributed by atoms with van der Waals surface area (Å²) in [7, 11) is 0. The van der Waals surface area contributed by atoms with Gasteiger partial charge in [0.2, 0.25) is 23.0 Å². The van der Waals surface area contributed by atoms with E-state index >= 15 is 0 Å². The number of nitrogens with two attached hydrogens (primary N) is 1. The van der Waals surface area contributed by atoms with Gasteiger partial charge in [-0.3, -0.25) is 19.0 Å². The summed E-state index contributed by atoms with van der Waals surface area (Å²) in [6.07, 6.45) is 13.4. The second-order valence-corrected chi connectivity index (χ2v) is 21.2. The predicted octanol–water partition coefficient (Wildman–Crippen LogP) is 10.0. The van der Waals surface area contributed by atoms with Gasteiger partial charge in [0.25, 0.3) is 0 Å². The van der Waals surface area contributed by atoms with Crippen molar-refractivity contribution < 1.29 is 19.1 Å². The molecular weight excluding hydrogens is 916 g/mol. The largest absolute Gasteiger partial charge is 0.396 e. The summed E-state index contributed by atoms with van der Waals surface area (Å²) >= 11 is 5.87. The van der Waals surface area contributed by atoms with E-state index in [1.807, 2.05) is 91.3 Å². The van der Waals surface area contributed by atoms with Crippen LogP contribution in [-0.2, 0) is 31.9 Å². The lowest BCUT2D eigenvalue weighted by Crippen LogP contribution is -2.56. The Morgan fingerprint density at radius 2 is 1.15 bits per heavy atom. The highest BCUT2D eigenvalue weighted by Gasteiger charge is 2.35. The molecule has 380 valence electrons. The molecule has 0 atom stereocenters. The van der Waals surface area contributed by atoms with E-state index < -0.39 is 0 Å². The zero-order valence-corrected chi connectivity index (χ0v) is 44.4. The molecule has 8 rings (SSSR count). The number of rotatable bonds is 14. The Morgan fingerprint density at radius 3 is 1.56 bits per heavy atom. The van der Waals surface area contributed by atoms with Crippen molar-refractivity contribution in [2.24, 2.45) is 0 Å². The smallest absolute Gasteiger partial charge is 0.227 e. The molecule has 2 amide bonds. The Morgan fingerprint density at radius 1 is 0.690 bits per heavy atom. The number of halogens is 1. The molecular formula is C54H73ClN12O4. The Labute approximate surface area is 424 Å². The molecule has 0 spiro atoms. The van der Waals surface area contributed by atoms with Crippen LogP contribution in [0.2, 0.25) is 5.28 Å². The van der Waals surface area contributed by atoms with Crippen LogP contribution in [0.1, 0.15) is 116 Å². The van der Waals surface area contributed by atoms with Gasteiger partial charge in [-0.15, -0.1) is 0 Å². The van der Waals surface area contributed by atoms with E-state index in [4.69, 9.17) is 26.8 Å². The summed E-state index contributed by atoms with van der Waals surface area (Å²) < 4.78 is 15.5. The third-order valence-corrected chi connectivity index (χ3v) is 11.9. The number of hydrogen-bond acceptors (Lipinski definition) is 12. The van der Waals surface area contributed by atoms with Crippen LogP contribution in [0.25, 0.3) is 22.5 Å². The van der Waals surface area contributed by atoms with Crippen LogP contribution >= 0.6 is 11.6 Å². The molecule has 2 aliphatic rings. The van der Waals surface area contributed by atoms with E-state index in [-0.39, 0.29) is 40.5 Å². The topological polar surface area (TPSA) is 184 Å². The predicted molar refractivity (Wildman–Crippen MR) is 281 cm³/mol. The van der Waals surface area contributed by atoms with E-state index in [0.29, 0.717) is 57.1 Å². The molecule has 2 fully saturated rings. The third kappa shape index (κ3) is 16.4. The molecule has 2 aliphatic heterocycles. The fourth-order valence-electron chi connectivity index (χ4n) is 8.03. The molecule has 2 aromatic carbocycles. The summed E-state index contributed by atoms with van der Waals surface area (Å²) in [5, 5.41) is 11.8. The number of nitrogens with one attached hydrogen (secondary N) is 1. The Balaban J connectivity index is 0.000000202. The minimum absolute atomic E-state index is 0.151. The van der Waals surface area contributed by atoms with Crippen molar-refractivity contribution in [3.05, 3.63) is 113 Å². The minimum atomic E-state index is -0.170. The fraction of sp³-hybridized carbons (Fsp3) is 0.481. The van der Waals surface area contributed by atoms with Gasteiger partial charge in [-0.2, -0.15) is 10.2 Å². The molecule has 0 radical (unpaired) electrons. The summed E-state index contributed by atoms with van der Waals surface area (Å²) in [4.78, 5) is 45.9. The van der Waals surface area contributed by atoms with E-state index in [2.05, 4.69) is 107 Å². The van der Waals surface area contributed by atoms with E-state index in [1.54, 1.807) is 24.8 Å². The summed E-state index contributed by atoms with van der Waals surface area (Å²) in [5.41, 5.74) is 15.0. The van der Waals surface area contributed by atoms with Gasteiger partial charge in [-0.25, -0.2) is 19.9 Å². The van der Waals surface area contributed by atoms with Gasteiger partial charge in [0, 0.05) is 87.0 Å². The molecule has 6 heterocycles. The highest BCUT2D eigenvalue weighted by molar-refractivity contribution is 6.28. The second-order valence-electron chi connectivity index (χ2n) is 20.8. The lowest BCUT2D eigenvalue weighted by Gasteiger charge is -2.42. The first-order valence-electron chi connectivity index (χ1n) is 24.5. The number of carbonyl (C=O) groups is 2. The van der Waals surface area contributed by atoms with Gasteiger partial charge in [-0.1, -0.05) is 24.3 Å². The molecule has 71 heavy (non-hydrogen) atoms. The van der Waals surface area contributed by atoms with Crippen molar-refractivity contribution in [3.63, 3.8) is 0 Å². The number of benzene rings is 2. The van der Waals surface area contributed by atoms with Gasteiger partial charge in [0.15, 0.2) is 0 Å². The standard InChI is InChI=1S/C27H36N6O2.C21H26ClN3O2.C6H11N3/c1-18(2)33-15-22(14-29-33)30-26-28-12-11-24(31-26)21-8-7-20(19(3)13-21)9-10-25(34)32-16-23(17-32)35-27(4,5)6;1-14-11-16(18-9-10-23-20(22)24-18)6-5-15(14)7-8-19(26)25-12-17(13-25)27-21(2,3)4;1-5(2)9-4-6(7)3-8-9/h7-8,11-15,18,23H,9-10,16-17H2,1-6H3,(H,28,30,31);5-6,9-11,17H,7-8,12-13H2,1-4H3;3-5H,7H2,1-2H3. The first-order valence-corrected chi connectivity index (χ1v) is 24.9. The molecule has 2 saturated heterocycles. The molecule has 3 N–H and O–H groups in total. The van der Waals surface area contributed by atoms with Crippen LogP contribution in [0.3, 0.4) is 0 Å². The van der Waals surface area contributed by atoms with Crippen LogP contribution in [0.4, 0.5) is 17.3 Å². The SMILES string of the molecule is CC(C)n1cc(N)cn1.Cc1cc(-c2ccnc(Cl)n2)ccc1CCC(=O)N1CC(OC(C)(C)C)C1.Cc1cc(-c2ccnc(Nc3cnn(C(C)C)c3)n2)ccc1CCC(=O)N1CC(OC(C)(C)C)C1. The zero-order valence-electron chi connectivity index (χ0n) is 43.6. The zero-order chi connectivity index (χ0) is 51.6. The maximum absolute atomic E-state index is 12.6. The third-order valence-electron chi connectivity index (χ3n) is 11.8. The van der Waals surface area contributed by atoms with Crippen LogP contribution in [0.5, 0.6) is 0 Å². The number of likely N-dealkylation sites (tertiary alicyclic amines) is 2. The number of carbonyl (C=O) groups excluding carboxylic acids is 2.